The fraction of sp³-hybridized carbons (Fsp3) is 0.500. The van der Waals surface area contributed by atoms with E-state index in [-0.39, 0.29) is 17.6 Å². The molecule has 0 aliphatic carbocycles. The quantitative estimate of drug-likeness (QED) is 0.830. The van der Waals surface area contributed by atoms with E-state index in [1.807, 2.05) is 6.92 Å². The summed E-state index contributed by atoms with van der Waals surface area (Å²) in [6.07, 6.45) is 0.781. The van der Waals surface area contributed by atoms with Crippen LogP contribution in [0.15, 0.2) is 12.1 Å². The van der Waals surface area contributed by atoms with Crippen LogP contribution in [-0.2, 0) is 4.74 Å². The summed E-state index contributed by atoms with van der Waals surface area (Å²) in [6, 6.07) is 3.32. The van der Waals surface area contributed by atoms with Gasteiger partial charge in [-0.2, -0.15) is 0 Å². The number of halogens is 1. The maximum Gasteiger partial charge on any atom is 0.271 e. The largest absolute Gasteiger partial charge is 0.383 e. The minimum absolute atomic E-state index is 0.0430. The van der Waals surface area contributed by atoms with Gasteiger partial charge in [-0.05, 0) is 18.6 Å². The molecule has 1 amide bonds. The number of ether oxygens (including phenoxy) is 1. The van der Waals surface area contributed by atoms with Crippen LogP contribution in [0.4, 0.5) is 5.82 Å². The van der Waals surface area contributed by atoms with Crippen LogP contribution in [0.25, 0.3) is 0 Å². The average Bonchev–Trinajstić information content (AvgIpc) is 2.38. The van der Waals surface area contributed by atoms with Gasteiger partial charge in [0.15, 0.2) is 0 Å². The molecule has 0 bridgehead atoms. The van der Waals surface area contributed by atoms with Gasteiger partial charge in [0, 0.05) is 14.2 Å². The molecule has 1 aromatic rings. The fourth-order valence-corrected chi connectivity index (χ4v) is 1.65. The number of aromatic nitrogens is 1. The number of anilines is 1. The summed E-state index contributed by atoms with van der Waals surface area (Å²) < 4.78 is 5.03. The Morgan fingerprint density at radius 3 is 2.83 bits per heavy atom. The molecule has 1 heterocycles. The smallest absolute Gasteiger partial charge is 0.271 e. The summed E-state index contributed by atoms with van der Waals surface area (Å²) in [5, 5.41) is 6.04. The van der Waals surface area contributed by atoms with Crippen LogP contribution in [0.2, 0.25) is 5.02 Å². The molecule has 0 radical (unpaired) electrons. The molecule has 0 spiro atoms. The van der Waals surface area contributed by atoms with Gasteiger partial charge >= 0.3 is 0 Å². The fourth-order valence-electron chi connectivity index (χ4n) is 1.46. The molecule has 100 valence electrons. The predicted octanol–water partition coefficient (Wildman–Crippen LogP) is 1.93. The minimum Gasteiger partial charge on any atom is -0.383 e. The number of hydrogen-bond donors (Lipinski definition) is 2. The second-order valence-electron chi connectivity index (χ2n) is 3.81. The SMILES string of the molecule is CCC(COC)NC(=O)c1nc(NC)ccc1Cl. The predicted molar refractivity (Wildman–Crippen MR) is 72.2 cm³/mol. The molecule has 6 heteroatoms. The molecule has 1 rings (SSSR count). The standard InChI is InChI=1S/C12H18ClN3O2/c1-4-8(7-18-3)15-12(17)11-9(13)5-6-10(14-2)16-11/h5-6,8H,4,7H2,1-3H3,(H,14,16)(H,15,17). The topological polar surface area (TPSA) is 63.2 Å². The van der Waals surface area contributed by atoms with Gasteiger partial charge in [0.1, 0.15) is 11.5 Å². The van der Waals surface area contributed by atoms with Crippen molar-refractivity contribution >= 4 is 23.3 Å². The van der Waals surface area contributed by atoms with Crippen LogP contribution in [0.1, 0.15) is 23.8 Å². The lowest BCUT2D eigenvalue weighted by atomic mass is 10.2. The normalized spacial score (nSPS) is 12.0. The Balaban J connectivity index is 2.82. The van der Waals surface area contributed by atoms with Crippen molar-refractivity contribution in [1.82, 2.24) is 10.3 Å². The zero-order valence-corrected chi connectivity index (χ0v) is 11.5. The number of pyridine rings is 1. The van der Waals surface area contributed by atoms with Crippen molar-refractivity contribution in [3.05, 3.63) is 22.8 Å². The second kappa shape index (κ2) is 7.18. The third-order valence-electron chi connectivity index (χ3n) is 2.51. The lowest BCUT2D eigenvalue weighted by Crippen LogP contribution is -2.38. The number of rotatable bonds is 6. The van der Waals surface area contributed by atoms with Crippen molar-refractivity contribution in [3.8, 4) is 0 Å². The van der Waals surface area contributed by atoms with Crippen molar-refractivity contribution in [2.24, 2.45) is 0 Å². The van der Waals surface area contributed by atoms with Gasteiger partial charge < -0.3 is 15.4 Å². The van der Waals surface area contributed by atoms with Crippen LogP contribution in [0, 0.1) is 0 Å². The molecule has 0 aliphatic rings. The van der Waals surface area contributed by atoms with Crippen LogP contribution in [-0.4, -0.2) is 37.7 Å². The Morgan fingerprint density at radius 2 is 2.28 bits per heavy atom. The molecular weight excluding hydrogens is 254 g/mol. The van der Waals surface area contributed by atoms with Gasteiger partial charge in [-0.1, -0.05) is 18.5 Å². The number of methoxy groups -OCH3 is 1. The van der Waals surface area contributed by atoms with E-state index in [0.29, 0.717) is 17.4 Å². The molecule has 1 atom stereocenters. The summed E-state index contributed by atoms with van der Waals surface area (Å²) in [5.41, 5.74) is 0.220. The van der Waals surface area contributed by atoms with E-state index in [2.05, 4.69) is 15.6 Å². The molecule has 18 heavy (non-hydrogen) atoms. The van der Waals surface area contributed by atoms with Gasteiger partial charge in [-0.15, -0.1) is 0 Å². The second-order valence-corrected chi connectivity index (χ2v) is 4.22. The van der Waals surface area contributed by atoms with Crippen LogP contribution >= 0.6 is 11.6 Å². The third-order valence-corrected chi connectivity index (χ3v) is 2.82. The summed E-state index contributed by atoms with van der Waals surface area (Å²) in [7, 11) is 3.33. The molecule has 0 fully saturated rings. The van der Waals surface area contributed by atoms with Crippen molar-refractivity contribution in [3.63, 3.8) is 0 Å². The maximum atomic E-state index is 12.0. The zero-order valence-electron chi connectivity index (χ0n) is 10.8. The Kier molecular flexibility index (Phi) is 5.88. The van der Waals surface area contributed by atoms with E-state index in [4.69, 9.17) is 16.3 Å². The Morgan fingerprint density at radius 1 is 1.56 bits per heavy atom. The highest BCUT2D eigenvalue weighted by Gasteiger charge is 2.16. The van der Waals surface area contributed by atoms with Crippen molar-refractivity contribution in [2.45, 2.75) is 19.4 Å². The van der Waals surface area contributed by atoms with Gasteiger partial charge in [0.25, 0.3) is 5.91 Å². The number of carbonyl (C=O) groups is 1. The van der Waals surface area contributed by atoms with E-state index in [1.54, 1.807) is 26.3 Å². The Labute approximate surface area is 112 Å². The van der Waals surface area contributed by atoms with E-state index < -0.39 is 0 Å². The first-order valence-corrected chi connectivity index (χ1v) is 6.14. The first-order chi connectivity index (χ1) is 8.62. The number of nitrogens with one attached hydrogen (secondary N) is 2. The lowest BCUT2D eigenvalue weighted by molar-refractivity contribution is 0.0890. The molecule has 1 unspecified atom stereocenters. The van der Waals surface area contributed by atoms with E-state index >= 15 is 0 Å². The van der Waals surface area contributed by atoms with Crippen LogP contribution in [0.5, 0.6) is 0 Å². The highest BCUT2D eigenvalue weighted by atomic mass is 35.5. The summed E-state index contributed by atoms with van der Waals surface area (Å²) in [5.74, 6) is 0.310. The van der Waals surface area contributed by atoms with Crippen molar-refractivity contribution < 1.29 is 9.53 Å². The molecule has 0 aromatic carbocycles. The van der Waals surface area contributed by atoms with E-state index in [1.165, 1.54) is 0 Å². The van der Waals surface area contributed by atoms with Crippen molar-refractivity contribution in [1.29, 1.82) is 0 Å². The lowest BCUT2D eigenvalue weighted by Gasteiger charge is -2.16. The first-order valence-electron chi connectivity index (χ1n) is 5.76. The third kappa shape index (κ3) is 3.85. The number of hydrogen-bond acceptors (Lipinski definition) is 4. The molecular formula is C12H18ClN3O2. The molecule has 1 aromatic heterocycles. The van der Waals surface area contributed by atoms with Crippen LogP contribution < -0.4 is 10.6 Å². The van der Waals surface area contributed by atoms with Crippen molar-refractivity contribution in [2.75, 3.05) is 26.1 Å². The van der Waals surface area contributed by atoms with E-state index in [9.17, 15) is 4.79 Å². The molecule has 0 aliphatic heterocycles. The highest BCUT2D eigenvalue weighted by molar-refractivity contribution is 6.33. The Hall–Kier alpha value is -1.33. The molecule has 0 saturated heterocycles. The monoisotopic (exact) mass is 271 g/mol. The van der Waals surface area contributed by atoms with Gasteiger partial charge in [-0.3, -0.25) is 4.79 Å². The first kappa shape index (κ1) is 14.7. The van der Waals surface area contributed by atoms with Gasteiger partial charge in [0.05, 0.1) is 17.7 Å². The summed E-state index contributed by atoms with van der Waals surface area (Å²) in [4.78, 5) is 16.2. The van der Waals surface area contributed by atoms with Crippen LogP contribution in [0.3, 0.4) is 0 Å². The van der Waals surface area contributed by atoms with E-state index in [0.717, 1.165) is 6.42 Å². The Bertz CT molecular complexity index is 412. The number of nitrogens with zero attached hydrogens (tertiary/aromatic N) is 1. The molecule has 5 nitrogen and oxygen atoms in total. The molecule has 0 saturated carbocycles. The highest BCUT2D eigenvalue weighted by Crippen LogP contribution is 2.16. The molecule has 2 N–H and O–H groups in total. The number of carbonyl (C=O) groups excluding carboxylic acids is 1. The van der Waals surface area contributed by atoms with Gasteiger partial charge in [-0.25, -0.2) is 4.98 Å². The zero-order chi connectivity index (χ0) is 13.5. The maximum absolute atomic E-state index is 12.0. The van der Waals surface area contributed by atoms with Gasteiger partial charge in [0.2, 0.25) is 0 Å². The summed E-state index contributed by atoms with van der Waals surface area (Å²) in [6.45, 7) is 2.44. The average molecular weight is 272 g/mol. The number of amides is 1. The summed E-state index contributed by atoms with van der Waals surface area (Å²) >= 11 is 5.97. The minimum atomic E-state index is -0.291.